The molecule has 2 atom stereocenters. The quantitative estimate of drug-likeness (QED) is 0.577. The van der Waals surface area contributed by atoms with E-state index in [-0.39, 0.29) is 5.71 Å². The molecular formula is C17H17N3O5. The summed E-state index contributed by atoms with van der Waals surface area (Å²) in [6.07, 6.45) is 0. The minimum absolute atomic E-state index is 0.229. The number of imide groups is 1. The number of anilines is 1. The van der Waals surface area contributed by atoms with Crippen LogP contribution in [-0.4, -0.2) is 47.6 Å². The number of methoxy groups -OCH3 is 1. The Kier molecular flexibility index (Phi) is 3.90. The number of hydrogen-bond acceptors (Lipinski definition) is 6. The topological polar surface area (TPSA) is 96.3 Å². The first-order valence-electron chi connectivity index (χ1n) is 7.69. The van der Waals surface area contributed by atoms with Crippen molar-refractivity contribution in [2.75, 3.05) is 12.0 Å². The smallest absolute Gasteiger partial charge is 0.355 e. The Hall–Kier alpha value is -3.03. The monoisotopic (exact) mass is 343 g/mol. The Morgan fingerprint density at radius 1 is 1.08 bits per heavy atom. The highest BCUT2D eigenvalue weighted by Gasteiger charge is 2.59. The number of ether oxygens (including phenoxy) is 1. The molecule has 2 aliphatic rings. The maximum Gasteiger partial charge on any atom is 0.355 e. The molecule has 1 aromatic rings. The molecule has 130 valence electrons. The minimum atomic E-state index is -1.15. The van der Waals surface area contributed by atoms with Crippen molar-refractivity contribution in [3.63, 3.8) is 0 Å². The molecule has 3 amide bonds. The molecule has 3 rings (SSSR count). The summed E-state index contributed by atoms with van der Waals surface area (Å²) in [6, 6.07) is 4.17. The number of amides is 3. The number of esters is 1. The van der Waals surface area contributed by atoms with E-state index in [0.29, 0.717) is 5.69 Å². The van der Waals surface area contributed by atoms with Crippen molar-refractivity contribution < 1.29 is 23.9 Å². The molecule has 8 heteroatoms. The highest BCUT2D eigenvalue weighted by atomic mass is 16.5. The summed E-state index contributed by atoms with van der Waals surface area (Å²) in [5, 5.41) is 4.75. The molecule has 2 heterocycles. The van der Waals surface area contributed by atoms with Gasteiger partial charge in [-0.1, -0.05) is 6.07 Å². The molecule has 8 nitrogen and oxygen atoms in total. The van der Waals surface area contributed by atoms with Crippen LogP contribution in [0.1, 0.15) is 18.1 Å². The summed E-state index contributed by atoms with van der Waals surface area (Å²) < 4.78 is 4.64. The van der Waals surface area contributed by atoms with Gasteiger partial charge in [-0.15, -0.1) is 0 Å². The second-order valence-electron chi connectivity index (χ2n) is 6.12. The standard InChI is InChI=1S/C17H17N3O5/c1-8-5-9(2)7-11(6-8)19-15(22)12-13(17(24)25-4)18-20(10(3)21)14(12)16(19)23/h5-7,12,14H,1-4H3/t12-,14+/m1/s1. The average molecular weight is 343 g/mol. The van der Waals surface area contributed by atoms with Gasteiger partial charge in [0.2, 0.25) is 11.8 Å². The highest BCUT2D eigenvalue weighted by molar-refractivity contribution is 6.47. The number of aryl methyl sites for hydroxylation is 2. The Morgan fingerprint density at radius 2 is 1.68 bits per heavy atom. The lowest BCUT2D eigenvalue weighted by Crippen LogP contribution is -2.41. The third kappa shape index (κ3) is 2.50. The highest BCUT2D eigenvalue weighted by Crippen LogP contribution is 2.36. The third-order valence-electron chi connectivity index (χ3n) is 4.23. The summed E-state index contributed by atoms with van der Waals surface area (Å²) in [7, 11) is 1.15. The van der Waals surface area contributed by atoms with E-state index in [4.69, 9.17) is 0 Å². The lowest BCUT2D eigenvalue weighted by molar-refractivity contribution is -0.136. The molecule has 0 spiro atoms. The van der Waals surface area contributed by atoms with Crippen LogP contribution in [0, 0.1) is 19.8 Å². The number of nitrogens with zero attached hydrogens (tertiary/aromatic N) is 3. The first-order valence-corrected chi connectivity index (χ1v) is 7.69. The van der Waals surface area contributed by atoms with Gasteiger partial charge < -0.3 is 4.74 Å². The van der Waals surface area contributed by atoms with Crippen LogP contribution in [0.5, 0.6) is 0 Å². The van der Waals surface area contributed by atoms with Gasteiger partial charge in [0.15, 0.2) is 11.8 Å². The van der Waals surface area contributed by atoms with Gasteiger partial charge in [-0.3, -0.25) is 14.4 Å². The molecule has 0 N–H and O–H groups in total. The number of hydrazone groups is 1. The Morgan fingerprint density at radius 3 is 2.20 bits per heavy atom. The normalized spacial score (nSPS) is 22.2. The van der Waals surface area contributed by atoms with Gasteiger partial charge in [0.05, 0.1) is 12.8 Å². The number of carbonyl (C=O) groups excluding carboxylic acids is 4. The fourth-order valence-corrected chi connectivity index (χ4v) is 3.28. The van der Waals surface area contributed by atoms with Gasteiger partial charge in [0.25, 0.3) is 5.91 Å². The van der Waals surface area contributed by atoms with E-state index in [9.17, 15) is 19.2 Å². The van der Waals surface area contributed by atoms with Gasteiger partial charge in [-0.05, 0) is 37.1 Å². The van der Waals surface area contributed by atoms with E-state index in [1.54, 1.807) is 12.1 Å². The summed E-state index contributed by atoms with van der Waals surface area (Å²) in [6.45, 7) is 4.93. The molecule has 2 aliphatic heterocycles. The van der Waals surface area contributed by atoms with E-state index in [0.717, 1.165) is 28.1 Å². The van der Waals surface area contributed by atoms with Crippen LogP contribution in [-0.2, 0) is 23.9 Å². The molecule has 0 bridgehead atoms. The predicted molar refractivity (Wildman–Crippen MR) is 87.7 cm³/mol. The predicted octanol–water partition coefficient (Wildman–Crippen LogP) is 0.553. The summed E-state index contributed by atoms with van der Waals surface area (Å²) in [4.78, 5) is 50.6. The van der Waals surface area contributed by atoms with E-state index in [1.807, 2.05) is 19.9 Å². The van der Waals surface area contributed by atoms with Gasteiger partial charge in [-0.25, -0.2) is 14.7 Å². The Bertz CT molecular complexity index is 824. The zero-order valence-corrected chi connectivity index (χ0v) is 14.3. The molecule has 1 fully saturated rings. The van der Waals surface area contributed by atoms with Crippen LogP contribution in [0.3, 0.4) is 0 Å². The fraction of sp³-hybridized carbons (Fsp3) is 0.353. The number of benzene rings is 1. The Labute approximate surface area is 144 Å². The molecule has 1 aromatic carbocycles. The summed E-state index contributed by atoms with van der Waals surface area (Å²) in [5.41, 5.74) is 1.96. The van der Waals surface area contributed by atoms with Crippen molar-refractivity contribution >= 4 is 35.1 Å². The van der Waals surface area contributed by atoms with Crippen LogP contribution >= 0.6 is 0 Å². The van der Waals surface area contributed by atoms with Crippen LogP contribution in [0.15, 0.2) is 23.3 Å². The van der Waals surface area contributed by atoms with E-state index in [1.165, 1.54) is 6.92 Å². The minimum Gasteiger partial charge on any atom is -0.464 e. The second-order valence-corrected chi connectivity index (χ2v) is 6.12. The Balaban J connectivity index is 2.09. The van der Waals surface area contributed by atoms with Crippen molar-refractivity contribution in [2.24, 2.45) is 11.0 Å². The molecule has 0 aliphatic carbocycles. The van der Waals surface area contributed by atoms with Gasteiger partial charge in [0, 0.05) is 6.92 Å². The molecule has 0 unspecified atom stereocenters. The zero-order chi connectivity index (χ0) is 18.5. The fourth-order valence-electron chi connectivity index (χ4n) is 3.28. The van der Waals surface area contributed by atoms with Gasteiger partial charge in [-0.2, -0.15) is 5.10 Å². The lowest BCUT2D eigenvalue weighted by atomic mass is 9.98. The van der Waals surface area contributed by atoms with Crippen LogP contribution in [0.4, 0.5) is 5.69 Å². The molecular weight excluding hydrogens is 326 g/mol. The van der Waals surface area contributed by atoms with E-state index in [2.05, 4.69) is 9.84 Å². The van der Waals surface area contributed by atoms with Gasteiger partial charge >= 0.3 is 5.97 Å². The van der Waals surface area contributed by atoms with Crippen LogP contribution in [0.2, 0.25) is 0 Å². The van der Waals surface area contributed by atoms with Gasteiger partial charge in [0.1, 0.15) is 5.92 Å². The van der Waals surface area contributed by atoms with Crippen LogP contribution < -0.4 is 4.90 Å². The molecule has 0 radical (unpaired) electrons. The van der Waals surface area contributed by atoms with Crippen molar-refractivity contribution in [1.29, 1.82) is 0 Å². The SMILES string of the molecule is COC(=O)C1=NN(C(C)=O)[C@@H]2C(=O)N(c3cc(C)cc(C)c3)C(=O)[C@H]12. The summed E-state index contributed by atoms with van der Waals surface area (Å²) in [5.74, 6) is -3.69. The third-order valence-corrected chi connectivity index (χ3v) is 4.23. The maximum atomic E-state index is 12.9. The largest absolute Gasteiger partial charge is 0.464 e. The van der Waals surface area contributed by atoms with Crippen molar-refractivity contribution in [2.45, 2.75) is 26.8 Å². The van der Waals surface area contributed by atoms with Crippen molar-refractivity contribution in [3.05, 3.63) is 29.3 Å². The molecule has 25 heavy (non-hydrogen) atoms. The lowest BCUT2D eigenvalue weighted by Gasteiger charge is -2.19. The first kappa shape index (κ1) is 16.8. The molecule has 0 aromatic heterocycles. The van der Waals surface area contributed by atoms with E-state index >= 15 is 0 Å². The zero-order valence-electron chi connectivity index (χ0n) is 14.3. The average Bonchev–Trinajstić information content (AvgIpc) is 3.03. The first-order chi connectivity index (χ1) is 11.8. The van der Waals surface area contributed by atoms with E-state index < -0.39 is 35.7 Å². The van der Waals surface area contributed by atoms with Crippen molar-refractivity contribution in [1.82, 2.24) is 5.01 Å². The maximum absolute atomic E-state index is 12.9. The summed E-state index contributed by atoms with van der Waals surface area (Å²) >= 11 is 0. The number of carbonyl (C=O) groups is 4. The molecule has 0 saturated carbocycles. The van der Waals surface area contributed by atoms with Crippen molar-refractivity contribution in [3.8, 4) is 0 Å². The second kappa shape index (κ2) is 5.80. The van der Waals surface area contributed by atoms with Crippen LogP contribution in [0.25, 0.3) is 0 Å². The number of hydrogen-bond donors (Lipinski definition) is 0. The molecule has 1 saturated heterocycles. The number of rotatable bonds is 2. The number of fused-ring (bicyclic) bond motifs is 1.